The molecule has 1 aliphatic rings. The second-order valence-corrected chi connectivity index (χ2v) is 3.52. The van der Waals surface area contributed by atoms with E-state index < -0.39 is 12.4 Å². The third kappa shape index (κ3) is 3.10. The Bertz CT molecular complexity index is 320. The fraction of sp³-hybridized carbons (Fsp3) is 0.333. The van der Waals surface area contributed by atoms with Crippen LogP contribution in [0.25, 0.3) is 0 Å². The molecule has 1 saturated carbocycles. The average Bonchev–Trinajstić information content (AvgIpc) is 2.85. The van der Waals surface area contributed by atoms with Crippen LogP contribution in [0.4, 0.5) is 12.9 Å². The molecule has 70 valence electrons. The summed E-state index contributed by atoms with van der Waals surface area (Å²) in [5.41, 5.74) is 0.376. The first-order valence-electron chi connectivity index (χ1n) is 4.37. The molecule has 1 aromatic rings. The second-order valence-electron chi connectivity index (χ2n) is 3.52. The van der Waals surface area contributed by atoms with Gasteiger partial charge in [-0.2, -0.15) is 0 Å². The first kappa shape index (κ1) is 12.8. The van der Waals surface area contributed by atoms with Gasteiger partial charge in [-0.1, -0.05) is 24.3 Å². The van der Waals surface area contributed by atoms with Crippen LogP contribution in [0, 0.1) is 0 Å². The Balaban J connectivity index is 0.000000980. The molecule has 1 aliphatic carbocycles. The molecule has 0 bridgehead atoms. The van der Waals surface area contributed by atoms with Crippen molar-refractivity contribution in [3.63, 3.8) is 0 Å². The molecule has 0 atom stereocenters. The van der Waals surface area contributed by atoms with Crippen molar-refractivity contribution in [2.24, 2.45) is 0 Å². The fourth-order valence-electron chi connectivity index (χ4n) is 1.43. The summed E-state index contributed by atoms with van der Waals surface area (Å²) in [5.74, 6) is 0.387. The van der Waals surface area contributed by atoms with Crippen molar-refractivity contribution >= 4 is 12.4 Å². The minimum Gasteiger partial charge on any atom is -0.445 e. The first-order chi connectivity index (χ1) is 6.07. The van der Waals surface area contributed by atoms with Crippen molar-refractivity contribution in [3.05, 3.63) is 29.8 Å². The molecule has 0 aromatic heterocycles. The van der Waals surface area contributed by atoms with Crippen LogP contribution < -0.4 is 56.8 Å². The molecule has 0 radical (unpaired) electrons. The maximum atomic E-state index is 12.3. The van der Waals surface area contributed by atoms with E-state index in [-0.39, 0.29) is 51.4 Å². The number of rotatable bonds is 2. The smallest absolute Gasteiger partial charge is 0.445 e. The number of hydrogen-bond acceptors (Lipinski definition) is 0. The predicted octanol–water partition coefficient (Wildman–Crippen LogP) is -0.378. The van der Waals surface area contributed by atoms with Gasteiger partial charge >= 0.3 is 58.4 Å². The first-order valence-corrected chi connectivity index (χ1v) is 4.37. The van der Waals surface area contributed by atoms with Crippen LogP contribution in [-0.4, -0.2) is 6.98 Å². The Morgan fingerprint density at radius 1 is 1.14 bits per heavy atom. The molecule has 0 saturated heterocycles. The topological polar surface area (TPSA) is 0 Å². The molecule has 0 nitrogen and oxygen atoms in total. The van der Waals surface area contributed by atoms with Crippen molar-refractivity contribution in [1.82, 2.24) is 0 Å². The molecule has 5 heteroatoms. The zero-order valence-electron chi connectivity index (χ0n) is 8.01. The van der Waals surface area contributed by atoms with Gasteiger partial charge in [0.05, 0.1) is 0 Å². The van der Waals surface area contributed by atoms with Crippen LogP contribution in [0.5, 0.6) is 0 Å². The Morgan fingerprint density at radius 2 is 1.79 bits per heavy atom. The third-order valence-corrected chi connectivity index (χ3v) is 2.34. The molecule has 1 fully saturated rings. The van der Waals surface area contributed by atoms with Crippen LogP contribution in [0.3, 0.4) is 0 Å². The van der Waals surface area contributed by atoms with Gasteiger partial charge in [0.15, 0.2) is 0 Å². The third-order valence-electron chi connectivity index (χ3n) is 2.34. The molecule has 2 rings (SSSR count). The van der Waals surface area contributed by atoms with Gasteiger partial charge in [-0.25, -0.2) is 0 Å². The molecule has 0 amide bonds. The fourth-order valence-corrected chi connectivity index (χ4v) is 1.43. The average molecular weight is 224 g/mol. The summed E-state index contributed by atoms with van der Waals surface area (Å²) in [7, 11) is 0. The SMILES string of the molecule is F[B-](F)(F)c1cccc(C2CC2)c1.[K+]. The molecule has 1 aromatic carbocycles. The van der Waals surface area contributed by atoms with E-state index in [1.165, 1.54) is 12.1 Å². The van der Waals surface area contributed by atoms with Crippen LogP contribution in [0.15, 0.2) is 24.3 Å². The summed E-state index contributed by atoms with van der Waals surface area (Å²) >= 11 is 0. The molecule has 0 unspecified atom stereocenters. The maximum absolute atomic E-state index is 12.3. The summed E-state index contributed by atoms with van der Waals surface area (Å²) in [6, 6.07) is 5.71. The maximum Gasteiger partial charge on any atom is 1.00 e. The molecular formula is C9H9BF3K. The summed E-state index contributed by atoms with van der Waals surface area (Å²) in [5, 5.41) is 0. The number of halogens is 3. The summed E-state index contributed by atoms with van der Waals surface area (Å²) in [4.78, 5) is 0. The van der Waals surface area contributed by atoms with E-state index in [1.807, 2.05) is 0 Å². The van der Waals surface area contributed by atoms with Gasteiger partial charge in [-0.15, -0.1) is 5.46 Å². The minimum atomic E-state index is -4.82. The van der Waals surface area contributed by atoms with Gasteiger partial charge in [0, 0.05) is 0 Å². The molecular weight excluding hydrogens is 215 g/mol. The standard InChI is InChI=1S/C9H9BF3.K/c11-10(12,13)9-3-1-2-8(6-9)7-4-5-7;/h1-3,6-7H,4-5H2;/q-1;+1. The number of hydrogen-bond donors (Lipinski definition) is 0. The zero-order chi connectivity index (χ0) is 9.47. The van der Waals surface area contributed by atoms with Gasteiger partial charge < -0.3 is 12.9 Å². The van der Waals surface area contributed by atoms with Crippen molar-refractivity contribution < 1.29 is 64.3 Å². The monoisotopic (exact) mass is 224 g/mol. The zero-order valence-corrected chi connectivity index (χ0v) is 11.1. The Labute approximate surface area is 124 Å². The molecule has 0 heterocycles. The van der Waals surface area contributed by atoms with E-state index in [2.05, 4.69) is 0 Å². The molecule has 0 spiro atoms. The van der Waals surface area contributed by atoms with Crippen molar-refractivity contribution in [1.29, 1.82) is 0 Å². The predicted molar refractivity (Wildman–Crippen MR) is 47.1 cm³/mol. The van der Waals surface area contributed by atoms with Crippen LogP contribution in [0.2, 0.25) is 0 Å². The molecule has 14 heavy (non-hydrogen) atoms. The van der Waals surface area contributed by atoms with Gasteiger partial charge in [0.2, 0.25) is 0 Å². The van der Waals surface area contributed by atoms with Crippen LogP contribution in [0.1, 0.15) is 24.3 Å². The van der Waals surface area contributed by atoms with E-state index in [0.29, 0.717) is 5.92 Å². The second kappa shape index (κ2) is 4.70. The van der Waals surface area contributed by atoms with Crippen molar-refractivity contribution in [2.75, 3.05) is 0 Å². The van der Waals surface area contributed by atoms with Gasteiger partial charge in [0.1, 0.15) is 0 Å². The quantitative estimate of drug-likeness (QED) is 0.601. The van der Waals surface area contributed by atoms with Gasteiger partial charge in [-0.3, -0.25) is 0 Å². The minimum absolute atomic E-state index is 0. The van der Waals surface area contributed by atoms with E-state index in [0.717, 1.165) is 24.5 Å². The van der Waals surface area contributed by atoms with E-state index in [1.54, 1.807) is 6.07 Å². The number of benzene rings is 1. The van der Waals surface area contributed by atoms with Crippen LogP contribution >= 0.6 is 0 Å². The van der Waals surface area contributed by atoms with E-state index in [9.17, 15) is 12.9 Å². The normalized spacial score (nSPS) is 16.2. The van der Waals surface area contributed by atoms with E-state index in [4.69, 9.17) is 0 Å². The van der Waals surface area contributed by atoms with Crippen molar-refractivity contribution in [2.45, 2.75) is 18.8 Å². The molecule has 0 N–H and O–H groups in total. The Morgan fingerprint density at radius 3 is 2.29 bits per heavy atom. The Hall–Kier alpha value is 0.711. The summed E-state index contributed by atoms with van der Waals surface area (Å²) < 4.78 is 36.9. The van der Waals surface area contributed by atoms with E-state index >= 15 is 0 Å². The summed E-state index contributed by atoms with van der Waals surface area (Å²) in [6.07, 6.45) is 2.07. The molecule has 0 aliphatic heterocycles. The summed E-state index contributed by atoms with van der Waals surface area (Å²) in [6.45, 7) is -4.82. The van der Waals surface area contributed by atoms with Gasteiger partial charge in [0.25, 0.3) is 0 Å². The largest absolute Gasteiger partial charge is 1.00 e. The van der Waals surface area contributed by atoms with Crippen LogP contribution in [-0.2, 0) is 0 Å². The Kier molecular flexibility index (Phi) is 4.29. The van der Waals surface area contributed by atoms with Crippen molar-refractivity contribution in [3.8, 4) is 0 Å². The van der Waals surface area contributed by atoms with Gasteiger partial charge in [-0.05, 0) is 24.3 Å².